The van der Waals surface area contributed by atoms with Gasteiger partial charge in [0.15, 0.2) is 18.2 Å². The van der Waals surface area contributed by atoms with E-state index in [4.69, 9.17) is 19.9 Å². The van der Waals surface area contributed by atoms with Crippen LogP contribution in [0.3, 0.4) is 0 Å². The second-order valence-electron chi connectivity index (χ2n) is 9.75. The molecule has 3 aliphatic rings. The third-order valence-electron chi connectivity index (χ3n) is 6.79. The van der Waals surface area contributed by atoms with Gasteiger partial charge in [0.2, 0.25) is 5.91 Å². The van der Waals surface area contributed by atoms with Crippen molar-refractivity contribution in [2.75, 3.05) is 55.5 Å². The first kappa shape index (κ1) is 26.7. The van der Waals surface area contributed by atoms with Crippen molar-refractivity contribution in [3.05, 3.63) is 35.3 Å². The number of benzene rings is 1. The van der Waals surface area contributed by atoms with Crippen LogP contribution in [0, 0.1) is 11.7 Å². The van der Waals surface area contributed by atoms with Gasteiger partial charge >= 0.3 is 6.09 Å². The number of amides is 3. The van der Waals surface area contributed by atoms with Crippen LogP contribution < -0.4 is 31.3 Å². The predicted octanol–water partition coefficient (Wildman–Crippen LogP) is 0.579. The van der Waals surface area contributed by atoms with Crippen molar-refractivity contribution < 1.29 is 33.0 Å². The lowest BCUT2D eigenvalue weighted by Crippen LogP contribution is -2.39. The van der Waals surface area contributed by atoms with Gasteiger partial charge in [0.05, 0.1) is 19.3 Å². The molecule has 0 saturated carbocycles. The van der Waals surface area contributed by atoms with Gasteiger partial charge in [0.1, 0.15) is 18.0 Å². The van der Waals surface area contributed by atoms with Gasteiger partial charge < -0.3 is 35.9 Å². The van der Waals surface area contributed by atoms with Gasteiger partial charge in [-0.15, -0.1) is 0 Å². The molecule has 1 aromatic heterocycles. The maximum Gasteiger partial charge on any atom is 0.415 e. The van der Waals surface area contributed by atoms with Crippen LogP contribution in [0.2, 0.25) is 0 Å². The van der Waals surface area contributed by atoms with Gasteiger partial charge in [-0.1, -0.05) is 0 Å². The number of carbonyl (C=O) groups is 3. The first-order valence-electron chi connectivity index (χ1n) is 12.7. The summed E-state index contributed by atoms with van der Waals surface area (Å²) in [6, 6.07) is 2.28. The number of nitrogens with two attached hydrogens (primary N) is 1. The van der Waals surface area contributed by atoms with Crippen molar-refractivity contribution >= 4 is 35.2 Å². The number of hydrogen-bond acceptors (Lipinski definition) is 10. The third kappa shape index (κ3) is 6.08. The Morgan fingerprint density at radius 2 is 2.21 bits per heavy atom. The average molecular weight is 544 g/mol. The third-order valence-corrected chi connectivity index (χ3v) is 6.79. The minimum absolute atomic E-state index is 0.0717. The van der Waals surface area contributed by atoms with E-state index in [2.05, 4.69) is 25.9 Å². The number of ether oxygens (including phenoxy) is 3. The molecule has 1 saturated heterocycles. The molecule has 3 amide bonds. The Morgan fingerprint density at radius 3 is 3.03 bits per heavy atom. The van der Waals surface area contributed by atoms with Crippen LogP contribution in [-0.4, -0.2) is 80.0 Å². The van der Waals surface area contributed by atoms with Crippen LogP contribution in [0.5, 0.6) is 5.88 Å². The topological polar surface area (TPSA) is 170 Å². The lowest BCUT2D eigenvalue weighted by atomic mass is 10.1. The molecule has 208 valence electrons. The number of anilines is 3. The molecular formula is C25H30FN7O6. The smallest absolute Gasteiger partial charge is 0.415 e. The summed E-state index contributed by atoms with van der Waals surface area (Å²) in [5.41, 5.74) is 7.65. The highest BCUT2D eigenvalue weighted by Gasteiger charge is 2.34. The fourth-order valence-electron chi connectivity index (χ4n) is 4.90. The summed E-state index contributed by atoms with van der Waals surface area (Å²) in [4.78, 5) is 45.8. The molecule has 0 spiro atoms. The Bertz CT molecular complexity index is 1280. The number of methoxy groups -OCH3 is 1. The number of carbonyl (C=O) groups excluding carboxylic acids is 3. The molecule has 5 rings (SSSR count). The van der Waals surface area contributed by atoms with Crippen molar-refractivity contribution in [2.24, 2.45) is 11.7 Å². The lowest BCUT2D eigenvalue weighted by molar-refractivity contribution is -0.119. The summed E-state index contributed by atoms with van der Waals surface area (Å²) in [5.74, 6) is -0.292. The number of rotatable bonds is 10. The van der Waals surface area contributed by atoms with E-state index < -0.39 is 18.0 Å². The van der Waals surface area contributed by atoms with E-state index in [1.165, 1.54) is 24.3 Å². The molecule has 2 unspecified atom stereocenters. The highest BCUT2D eigenvalue weighted by Crippen LogP contribution is 2.32. The van der Waals surface area contributed by atoms with Gasteiger partial charge in [-0.3, -0.25) is 14.5 Å². The highest BCUT2D eigenvalue weighted by molar-refractivity contribution is 5.95. The maximum atomic E-state index is 14.7. The lowest BCUT2D eigenvalue weighted by Gasteiger charge is -2.18. The molecule has 0 radical (unpaired) electrons. The Hall–Kier alpha value is -3.88. The molecule has 5 N–H and O–H groups in total. The molecule has 1 aliphatic carbocycles. The number of cyclic esters (lactones) is 1. The summed E-state index contributed by atoms with van der Waals surface area (Å²) >= 11 is 0. The van der Waals surface area contributed by atoms with Crippen LogP contribution >= 0.6 is 0 Å². The van der Waals surface area contributed by atoms with E-state index in [-0.39, 0.29) is 54.5 Å². The minimum Gasteiger partial charge on any atom is -0.465 e. The zero-order valence-corrected chi connectivity index (χ0v) is 21.4. The van der Waals surface area contributed by atoms with Crippen molar-refractivity contribution in [1.29, 1.82) is 0 Å². The number of nitrogens with zero attached hydrogens (tertiary/aromatic N) is 3. The van der Waals surface area contributed by atoms with Crippen molar-refractivity contribution in [3.63, 3.8) is 0 Å². The van der Waals surface area contributed by atoms with Crippen LogP contribution in [-0.2, 0) is 31.9 Å². The maximum absolute atomic E-state index is 14.7. The van der Waals surface area contributed by atoms with Gasteiger partial charge in [0.25, 0.3) is 11.8 Å². The Labute approximate surface area is 223 Å². The molecule has 39 heavy (non-hydrogen) atoms. The summed E-state index contributed by atoms with van der Waals surface area (Å²) in [5, 5.41) is 8.60. The Morgan fingerprint density at radius 1 is 1.36 bits per heavy atom. The number of aromatic nitrogens is 2. The van der Waals surface area contributed by atoms with E-state index in [9.17, 15) is 18.8 Å². The second kappa shape index (κ2) is 11.5. The minimum atomic E-state index is -0.835. The Balaban J connectivity index is 1.08. The van der Waals surface area contributed by atoms with Crippen molar-refractivity contribution in [1.82, 2.24) is 15.3 Å². The molecule has 1 aromatic carbocycles. The van der Waals surface area contributed by atoms with E-state index in [1.54, 1.807) is 6.07 Å². The van der Waals surface area contributed by atoms with E-state index in [1.807, 2.05) is 0 Å². The monoisotopic (exact) mass is 543 g/mol. The molecule has 2 aromatic rings. The Kier molecular flexibility index (Phi) is 7.86. The van der Waals surface area contributed by atoms with Crippen LogP contribution in [0.25, 0.3) is 0 Å². The van der Waals surface area contributed by atoms with E-state index in [0.717, 1.165) is 5.56 Å². The summed E-state index contributed by atoms with van der Waals surface area (Å²) in [7, 11) is 1.45. The normalized spacial score (nSPS) is 20.5. The van der Waals surface area contributed by atoms with Gasteiger partial charge in [-0.05, 0) is 61.5 Å². The summed E-state index contributed by atoms with van der Waals surface area (Å²) in [6.07, 6.45) is 2.37. The first-order chi connectivity index (χ1) is 18.8. The van der Waals surface area contributed by atoms with Crippen LogP contribution in [0.4, 0.5) is 26.5 Å². The molecule has 14 heteroatoms. The zero-order chi connectivity index (χ0) is 27.5. The molecule has 0 bridgehead atoms. The number of hydrogen-bond donors (Lipinski definition) is 4. The van der Waals surface area contributed by atoms with Gasteiger partial charge in [0, 0.05) is 12.8 Å². The van der Waals surface area contributed by atoms with Crippen LogP contribution in [0.15, 0.2) is 18.3 Å². The summed E-state index contributed by atoms with van der Waals surface area (Å²) in [6.45, 7) is 1.50. The first-order valence-corrected chi connectivity index (χ1v) is 12.7. The largest absolute Gasteiger partial charge is 0.465 e. The molecule has 13 nitrogen and oxygen atoms in total. The predicted molar refractivity (Wildman–Crippen MR) is 137 cm³/mol. The summed E-state index contributed by atoms with van der Waals surface area (Å²) < 4.78 is 30.3. The highest BCUT2D eigenvalue weighted by atomic mass is 19.1. The number of halogens is 1. The van der Waals surface area contributed by atoms with Crippen molar-refractivity contribution in [3.8, 4) is 5.88 Å². The van der Waals surface area contributed by atoms with E-state index in [0.29, 0.717) is 50.1 Å². The molecule has 3 heterocycles. The van der Waals surface area contributed by atoms with Gasteiger partial charge in [-0.25, -0.2) is 19.2 Å². The number of nitrogens with one attached hydrogen (secondary N) is 3. The fourth-order valence-corrected chi connectivity index (χ4v) is 4.90. The molecular weight excluding hydrogens is 513 g/mol. The number of fused-ring (bicyclic) bond motifs is 2. The van der Waals surface area contributed by atoms with Gasteiger partial charge in [-0.2, -0.15) is 0 Å². The second-order valence-corrected chi connectivity index (χ2v) is 9.75. The average Bonchev–Trinajstić information content (AvgIpc) is 3.49. The molecule has 3 atom stereocenters. The van der Waals surface area contributed by atoms with E-state index >= 15 is 0 Å². The standard InChI is InChI=1S/C25H30FN7O6/c1-37-11-19(27)23(35)30-15-6-14-4-13(5-17(14)18(26)7-15)8-28-3-2-16-10-33(25(36)39-16)20-9-29-24-22(31-20)32-21(34)12-38-24/h6-7,9,13,16,19,28H,2-5,8,10-12,27H2,1H3,(H,30,35)(H,31,32,34)/t13?,16?,19-/m1/s1. The molecule has 1 fully saturated rings. The van der Waals surface area contributed by atoms with Crippen LogP contribution in [0.1, 0.15) is 17.5 Å². The molecule has 2 aliphatic heterocycles. The fraction of sp³-hybridized carbons (Fsp3) is 0.480. The van der Waals surface area contributed by atoms with Crippen molar-refractivity contribution in [2.45, 2.75) is 31.4 Å². The SMILES string of the molecule is COC[C@@H](N)C(=O)Nc1cc(F)c2c(c1)CC(CNCCC1CN(c3cnc4c(n3)NC(=O)CO4)C(=O)O1)C2. The quantitative estimate of drug-likeness (QED) is 0.311. The zero-order valence-electron chi connectivity index (χ0n) is 21.4.